The molecule has 2 heteroatoms. The predicted octanol–water partition coefficient (Wildman–Crippen LogP) is 3.81. The Kier molecular flexibility index (Phi) is 5.45. The molecule has 1 aromatic carbocycles. The molecule has 1 aliphatic heterocycles. The van der Waals surface area contributed by atoms with Crippen LogP contribution in [0, 0.1) is 12.3 Å². The van der Waals surface area contributed by atoms with Crippen LogP contribution < -0.4 is 5.32 Å². The lowest BCUT2D eigenvalue weighted by Crippen LogP contribution is -2.50. The quantitative estimate of drug-likeness (QED) is 0.906. The van der Waals surface area contributed by atoms with Gasteiger partial charge in [-0.2, -0.15) is 0 Å². The van der Waals surface area contributed by atoms with E-state index in [0.29, 0.717) is 17.4 Å². The fourth-order valence-electron chi connectivity index (χ4n) is 3.21. The fraction of sp³-hybridized carbons (Fsp3) is 0.684. The van der Waals surface area contributed by atoms with Crippen molar-refractivity contribution >= 4 is 0 Å². The number of hydrogen-bond donors (Lipinski definition) is 1. The van der Waals surface area contributed by atoms with E-state index in [1.165, 1.54) is 30.6 Å². The van der Waals surface area contributed by atoms with Crippen LogP contribution in [0.3, 0.4) is 0 Å². The standard InChI is InChI=1S/C19H32N2/c1-6-21-12-17(16-9-7-8-15(2)10-16)11-18(13-21)20-14-19(3,4)5/h7-10,17-18,20H,6,11-14H2,1-5H3. The number of hydrogen-bond acceptors (Lipinski definition) is 2. The Hall–Kier alpha value is -0.860. The predicted molar refractivity (Wildman–Crippen MR) is 91.9 cm³/mol. The molecule has 0 aromatic heterocycles. The van der Waals surface area contributed by atoms with Gasteiger partial charge in [-0.3, -0.25) is 0 Å². The van der Waals surface area contributed by atoms with Gasteiger partial charge in [0.1, 0.15) is 0 Å². The largest absolute Gasteiger partial charge is 0.312 e. The van der Waals surface area contributed by atoms with E-state index in [1.807, 2.05) is 0 Å². The molecule has 2 rings (SSSR count). The van der Waals surface area contributed by atoms with Crippen LogP contribution in [0.4, 0.5) is 0 Å². The van der Waals surface area contributed by atoms with E-state index >= 15 is 0 Å². The SMILES string of the molecule is CCN1CC(NCC(C)(C)C)CC(c2cccc(C)c2)C1. The molecule has 21 heavy (non-hydrogen) atoms. The van der Waals surface area contributed by atoms with Gasteiger partial charge in [0, 0.05) is 25.7 Å². The second-order valence-corrected chi connectivity index (χ2v) is 7.84. The van der Waals surface area contributed by atoms with Gasteiger partial charge >= 0.3 is 0 Å². The summed E-state index contributed by atoms with van der Waals surface area (Å²) in [4.78, 5) is 2.59. The Bertz CT molecular complexity index is 447. The molecule has 1 N–H and O–H groups in total. The van der Waals surface area contributed by atoms with Crippen molar-refractivity contribution in [3.63, 3.8) is 0 Å². The lowest BCUT2D eigenvalue weighted by Gasteiger charge is -2.39. The monoisotopic (exact) mass is 288 g/mol. The third-order valence-electron chi connectivity index (χ3n) is 4.41. The normalized spacial score (nSPS) is 24.2. The summed E-state index contributed by atoms with van der Waals surface area (Å²) in [6, 6.07) is 9.68. The Labute approximate surface area is 130 Å². The van der Waals surface area contributed by atoms with Crippen LogP contribution in [0.2, 0.25) is 0 Å². The van der Waals surface area contributed by atoms with Gasteiger partial charge in [0.15, 0.2) is 0 Å². The zero-order valence-electron chi connectivity index (χ0n) is 14.4. The van der Waals surface area contributed by atoms with Crippen LogP contribution in [-0.2, 0) is 0 Å². The number of nitrogens with zero attached hydrogens (tertiary/aromatic N) is 1. The van der Waals surface area contributed by atoms with Crippen LogP contribution in [0.5, 0.6) is 0 Å². The maximum atomic E-state index is 3.80. The number of likely N-dealkylation sites (tertiary alicyclic amines) is 1. The summed E-state index contributed by atoms with van der Waals surface area (Å²) in [5, 5.41) is 3.80. The summed E-state index contributed by atoms with van der Waals surface area (Å²) in [6.07, 6.45) is 1.26. The number of aryl methyl sites for hydroxylation is 1. The summed E-state index contributed by atoms with van der Waals surface area (Å²) < 4.78 is 0. The molecule has 1 heterocycles. The van der Waals surface area contributed by atoms with Crippen molar-refractivity contribution < 1.29 is 0 Å². The van der Waals surface area contributed by atoms with E-state index in [2.05, 4.69) is 69.1 Å². The zero-order chi connectivity index (χ0) is 15.5. The highest BCUT2D eigenvalue weighted by Crippen LogP contribution is 2.28. The lowest BCUT2D eigenvalue weighted by molar-refractivity contribution is 0.170. The zero-order valence-corrected chi connectivity index (χ0v) is 14.4. The summed E-state index contributed by atoms with van der Waals surface area (Å²) in [5.74, 6) is 0.663. The molecule has 0 aliphatic carbocycles. The van der Waals surface area contributed by atoms with Crippen molar-refractivity contribution in [2.24, 2.45) is 5.41 Å². The Morgan fingerprint density at radius 3 is 2.62 bits per heavy atom. The van der Waals surface area contributed by atoms with Crippen LogP contribution in [0.15, 0.2) is 24.3 Å². The van der Waals surface area contributed by atoms with Gasteiger partial charge in [-0.15, -0.1) is 0 Å². The van der Waals surface area contributed by atoms with Gasteiger partial charge in [-0.05, 0) is 36.8 Å². The minimum atomic E-state index is 0.354. The molecule has 0 bridgehead atoms. The topological polar surface area (TPSA) is 15.3 Å². The van der Waals surface area contributed by atoms with Gasteiger partial charge in [-0.25, -0.2) is 0 Å². The first-order valence-electron chi connectivity index (χ1n) is 8.39. The van der Waals surface area contributed by atoms with E-state index in [0.717, 1.165) is 13.1 Å². The second-order valence-electron chi connectivity index (χ2n) is 7.84. The van der Waals surface area contributed by atoms with Crippen LogP contribution in [0.25, 0.3) is 0 Å². The molecular weight excluding hydrogens is 256 g/mol. The third kappa shape index (κ3) is 5.12. The maximum Gasteiger partial charge on any atom is 0.0201 e. The first-order chi connectivity index (χ1) is 9.87. The third-order valence-corrected chi connectivity index (χ3v) is 4.41. The average Bonchev–Trinajstić information content (AvgIpc) is 2.44. The minimum Gasteiger partial charge on any atom is -0.312 e. The molecule has 0 saturated carbocycles. The van der Waals surface area contributed by atoms with E-state index in [4.69, 9.17) is 0 Å². The molecule has 118 valence electrons. The summed E-state index contributed by atoms with van der Waals surface area (Å²) >= 11 is 0. The van der Waals surface area contributed by atoms with Gasteiger partial charge in [0.2, 0.25) is 0 Å². The van der Waals surface area contributed by atoms with Crippen LogP contribution in [-0.4, -0.2) is 37.1 Å². The Balaban J connectivity index is 2.05. The number of likely N-dealkylation sites (N-methyl/N-ethyl adjacent to an activating group) is 1. The van der Waals surface area contributed by atoms with Crippen molar-refractivity contribution in [2.75, 3.05) is 26.2 Å². The molecule has 2 atom stereocenters. The number of nitrogens with one attached hydrogen (secondary N) is 1. The highest BCUT2D eigenvalue weighted by Gasteiger charge is 2.28. The number of rotatable bonds is 4. The van der Waals surface area contributed by atoms with E-state index in [9.17, 15) is 0 Å². The van der Waals surface area contributed by atoms with Gasteiger partial charge < -0.3 is 10.2 Å². The Morgan fingerprint density at radius 2 is 2.00 bits per heavy atom. The van der Waals surface area contributed by atoms with E-state index < -0.39 is 0 Å². The van der Waals surface area contributed by atoms with E-state index in [-0.39, 0.29) is 0 Å². The van der Waals surface area contributed by atoms with Crippen molar-refractivity contribution in [2.45, 2.75) is 53.0 Å². The smallest absolute Gasteiger partial charge is 0.0201 e. The number of benzene rings is 1. The van der Waals surface area contributed by atoms with Crippen molar-refractivity contribution in [1.29, 1.82) is 0 Å². The summed E-state index contributed by atoms with van der Waals surface area (Å²) in [6.45, 7) is 16.0. The first-order valence-corrected chi connectivity index (χ1v) is 8.39. The molecular formula is C19H32N2. The van der Waals surface area contributed by atoms with Crippen LogP contribution in [0.1, 0.15) is 51.2 Å². The molecule has 0 amide bonds. The fourth-order valence-corrected chi connectivity index (χ4v) is 3.21. The molecule has 1 aromatic rings. The molecule has 1 saturated heterocycles. The summed E-state index contributed by atoms with van der Waals surface area (Å²) in [7, 11) is 0. The second kappa shape index (κ2) is 6.93. The van der Waals surface area contributed by atoms with Crippen molar-refractivity contribution in [3.05, 3.63) is 35.4 Å². The molecule has 2 nitrogen and oxygen atoms in total. The van der Waals surface area contributed by atoms with Gasteiger partial charge in [0.25, 0.3) is 0 Å². The highest BCUT2D eigenvalue weighted by atomic mass is 15.2. The maximum absolute atomic E-state index is 3.80. The Morgan fingerprint density at radius 1 is 1.24 bits per heavy atom. The molecule has 0 radical (unpaired) electrons. The molecule has 1 fully saturated rings. The summed E-state index contributed by atoms with van der Waals surface area (Å²) in [5.41, 5.74) is 3.24. The van der Waals surface area contributed by atoms with Gasteiger partial charge in [0.05, 0.1) is 0 Å². The number of piperidine rings is 1. The molecule has 1 aliphatic rings. The average molecular weight is 288 g/mol. The first kappa shape index (κ1) is 16.5. The van der Waals surface area contributed by atoms with Crippen molar-refractivity contribution in [1.82, 2.24) is 10.2 Å². The minimum absolute atomic E-state index is 0.354. The van der Waals surface area contributed by atoms with Crippen LogP contribution >= 0.6 is 0 Å². The van der Waals surface area contributed by atoms with E-state index in [1.54, 1.807) is 0 Å². The molecule has 2 unspecified atom stereocenters. The van der Waals surface area contributed by atoms with Crippen molar-refractivity contribution in [3.8, 4) is 0 Å². The van der Waals surface area contributed by atoms with Gasteiger partial charge in [-0.1, -0.05) is 57.5 Å². The highest BCUT2D eigenvalue weighted by molar-refractivity contribution is 5.26. The molecule has 0 spiro atoms. The lowest BCUT2D eigenvalue weighted by atomic mass is 9.86.